The fourth-order valence-electron chi connectivity index (χ4n) is 7.77. The first kappa shape index (κ1) is 21.0. The van der Waals surface area contributed by atoms with Gasteiger partial charge in [0.25, 0.3) is 0 Å². The molecule has 1 saturated heterocycles. The Hall–Kier alpha value is -2.37. The second-order valence-corrected chi connectivity index (χ2v) is 11.7. The van der Waals surface area contributed by atoms with Gasteiger partial charge in [-0.3, -0.25) is 0 Å². The van der Waals surface area contributed by atoms with Gasteiger partial charge in [0, 0.05) is 22.5 Å². The summed E-state index contributed by atoms with van der Waals surface area (Å²) in [6.07, 6.45) is 6.31. The predicted molar refractivity (Wildman–Crippen MR) is 129 cm³/mol. The van der Waals surface area contributed by atoms with E-state index in [0.29, 0.717) is 5.92 Å². The van der Waals surface area contributed by atoms with Gasteiger partial charge in [0.2, 0.25) is 5.79 Å². The first-order valence-electron chi connectivity index (χ1n) is 13.0. The summed E-state index contributed by atoms with van der Waals surface area (Å²) in [6.45, 7) is 4.56. The zero-order valence-electron chi connectivity index (χ0n) is 20.0. The quantitative estimate of drug-likeness (QED) is 0.571. The van der Waals surface area contributed by atoms with Crippen LogP contribution in [-0.2, 0) is 24.8 Å². The Bertz CT molecular complexity index is 1120. The number of benzene rings is 2. The molecular formula is C29H33NO4. The van der Waals surface area contributed by atoms with Crippen LogP contribution in [0.2, 0.25) is 0 Å². The maximum Gasteiger partial charge on any atom is 0.338 e. The lowest BCUT2D eigenvalue weighted by molar-refractivity contribution is -0.202. The largest absolute Gasteiger partial charge is 0.457 e. The second-order valence-electron chi connectivity index (χ2n) is 11.7. The van der Waals surface area contributed by atoms with Crippen LogP contribution in [-0.4, -0.2) is 24.3 Å². The zero-order valence-corrected chi connectivity index (χ0v) is 20.0. The number of fused-ring (bicyclic) bond motifs is 4. The number of ether oxygens (including phenoxy) is 3. The van der Waals surface area contributed by atoms with Gasteiger partial charge in [-0.15, -0.1) is 0 Å². The van der Waals surface area contributed by atoms with E-state index in [1.165, 1.54) is 24.8 Å². The average Bonchev–Trinajstić information content (AvgIpc) is 3.24. The standard InChI is InChI=1S/C29H33NO4/c1-17(2)21-7-8-25-23(12-21)29(22-5-3-4-6-24(22)30-25)32-16-26(33-29)27(31)34-28-13-18-9-19(14-28)11-20(10-18)15-28/h3-8,12,17-20,26,30H,9-11,13-16H2,1-2H3. The third-order valence-corrected chi connectivity index (χ3v) is 8.92. The smallest absolute Gasteiger partial charge is 0.338 e. The first-order chi connectivity index (χ1) is 16.4. The van der Waals surface area contributed by atoms with E-state index in [9.17, 15) is 4.79 Å². The molecule has 2 atom stereocenters. The van der Waals surface area contributed by atoms with Crippen molar-refractivity contribution in [2.45, 2.75) is 75.8 Å². The molecule has 178 valence electrons. The van der Waals surface area contributed by atoms with Crippen molar-refractivity contribution < 1.29 is 19.0 Å². The van der Waals surface area contributed by atoms with E-state index in [0.717, 1.165) is 59.5 Å². The van der Waals surface area contributed by atoms with Crippen LogP contribution in [0.15, 0.2) is 42.5 Å². The van der Waals surface area contributed by atoms with Crippen LogP contribution in [0.1, 0.15) is 75.0 Å². The number of esters is 1. The molecule has 2 aliphatic heterocycles. The number of carbonyl (C=O) groups is 1. The molecule has 2 unspecified atom stereocenters. The highest BCUT2D eigenvalue weighted by Crippen LogP contribution is 2.57. The lowest BCUT2D eigenvalue weighted by Gasteiger charge is -2.55. The van der Waals surface area contributed by atoms with Gasteiger partial charge in [0.05, 0.1) is 6.61 Å². The fraction of sp³-hybridized carbons (Fsp3) is 0.552. The van der Waals surface area contributed by atoms with E-state index in [1.54, 1.807) is 0 Å². The van der Waals surface area contributed by atoms with Crippen LogP contribution in [0, 0.1) is 17.8 Å². The van der Waals surface area contributed by atoms with Crippen LogP contribution in [0.5, 0.6) is 0 Å². The topological polar surface area (TPSA) is 56.8 Å². The molecule has 34 heavy (non-hydrogen) atoms. The maximum atomic E-state index is 13.5. The fourth-order valence-corrected chi connectivity index (χ4v) is 7.77. The molecule has 0 aromatic heterocycles. The number of rotatable bonds is 3. The molecule has 0 radical (unpaired) electrons. The maximum absolute atomic E-state index is 13.5. The van der Waals surface area contributed by atoms with Crippen LogP contribution in [0.25, 0.3) is 0 Å². The van der Waals surface area contributed by atoms with Gasteiger partial charge in [0.1, 0.15) is 5.60 Å². The molecule has 1 N–H and O–H groups in total. The molecule has 0 amide bonds. The van der Waals surface area contributed by atoms with Gasteiger partial charge in [-0.2, -0.15) is 0 Å². The van der Waals surface area contributed by atoms with Gasteiger partial charge in [-0.05, 0) is 86.0 Å². The highest BCUT2D eigenvalue weighted by Gasteiger charge is 2.56. The van der Waals surface area contributed by atoms with Crippen molar-refractivity contribution in [1.82, 2.24) is 0 Å². The van der Waals surface area contributed by atoms with Crippen molar-refractivity contribution in [3.63, 3.8) is 0 Å². The van der Waals surface area contributed by atoms with Crippen molar-refractivity contribution in [3.05, 3.63) is 59.2 Å². The van der Waals surface area contributed by atoms with Gasteiger partial charge >= 0.3 is 5.97 Å². The lowest BCUT2D eigenvalue weighted by atomic mass is 9.54. The Kier molecular flexibility index (Phi) is 4.51. The van der Waals surface area contributed by atoms with Crippen molar-refractivity contribution in [2.24, 2.45) is 17.8 Å². The number of hydrogen-bond donors (Lipinski definition) is 1. The minimum Gasteiger partial charge on any atom is -0.457 e. The third-order valence-electron chi connectivity index (χ3n) is 8.92. The normalized spacial score (nSPS) is 36.9. The summed E-state index contributed by atoms with van der Waals surface area (Å²) in [6, 6.07) is 14.5. The summed E-state index contributed by atoms with van der Waals surface area (Å²) < 4.78 is 19.4. The molecule has 1 spiro atoms. The molecule has 4 bridgehead atoms. The number of anilines is 2. The Labute approximate surface area is 201 Å². The van der Waals surface area contributed by atoms with Crippen LogP contribution >= 0.6 is 0 Å². The van der Waals surface area contributed by atoms with E-state index >= 15 is 0 Å². The molecule has 6 aliphatic rings. The predicted octanol–water partition coefficient (Wildman–Crippen LogP) is 6.00. The minimum atomic E-state index is -1.10. The molecule has 5 heteroatoms. The summed E-state index contributed by atoms with van der Waals surface area (Å²) in [5, 5.41) is 3.53. The van der Waals surface area contributed by atoms with Gasteiger partial charge < -0.3 is 19.5 Å². The van der Waals surface area contributed by atoms with Gasteiger partial charge in [-0.1, -0.05) is 38.1 Å². The number of carbonyl (C=O) groups excluding carboxylic acids is 1. The number of nitrogens with one attached hydrogen (secondary N) is 1. The molecule has 5 fully saturated rings. The van der Waals surface area contributed by atoms with Gasteiger partial charge in [0.15, 0.2) is 6.10 Å². The molecule has 2 heterocycles. The van der Waals surface area contributed by atoms with Crippen molar-refractivity contribution in [3.8, 4) is 0 Å². The Morgan fingerprint density at radius 3 is 2.35 bits per heavy atom. The first-order valence-corrected chi connectivity index (χ1v) is 13.0. The Balaban J connectivity index is 1.21. The van der Waals surface area contributed by atoms with E-state index in [4.69, 9.17) is 14.2 Å². The molecular weight excluding hydrogens is 426 g/mol. The summed E-state index contributed by atoms with van der Waals surface area (Å²) in [5.74, 6) is 1.19. The lowest BCUT2D eigenvalue weighted by Crippen LogP contribution is -2.53. The third kappa shape index (κ3) is 3.09. The van der Waals surface area contributed by atoms with E-state index in [-0.39, 0.29) is 18.2 Å². The average molecular weight is 460 g/mol. The summed E-state index contributed by atoms with van der Waals surface area (Å²) >= 11 is 0. The van der Waals surface area contributed by atoms with Crippen molar-refractivity contribution in [1.29, 1.82) is 0 Å². The second kappa shape index (κ2) is 7.32. The highest BCUT2D eigenvalue weighted by molar-refractivity contribution is 5.78. The van der Waals surface area contributed by atoms with Crippen LogP contribution in [0.3, 0.4) is 0 Å². The zero-order chi connectivity index (χ0) is 23.1. The van der Waals surface area contributed by atoms with Crippen LogP contribution in [0.4, 0.5) is 11.4 Å². The van der Waals surface area contributed by atoms with E-state index in [1.807, 2.05) is 24.3 Å². The summed E-state index contributed by atoms with van der Waals surface area (Å²) in [5.41, 5.74) is 4.68. The molecule has 5 nitrogen and oxygen atoms in total. The molecule has 4 saturated carbocycles. The van der Waals surface area contributed by atoms with Crippen molar-refractivity contribution in [2.75, 3.05) is 11.9 Å². The monoisotopic (exact) mass is 459 g/mol. The Morgan fingerprint density at radius 2 is 1.65 bits per heavy atom. The molecule has 4 aliphatic carbocycles. The van der Waals surface area contributed by atoms with E-state index < -0.39 is 11.9 Å². The van der Waals surface area contributed by atoms with Gasteiger partial charge in [-0.25, -0.2) is 4.79 Å². The van der Waals surface area contributed by atoms with Crippen molar-refractivity contribution >= 4 is 17.3 Å². The minimum absolute atomic E-state index is 0.199. The molecule has 8 rings (SSSR count). The SMILES string of the molecule is CC(C)c1ccc2c(c1)C1(OCC(C(=O)OC34CC5CC(CC(C5)C3)C4)O1)c1ccccc1N2. The Morgan fingerprint density at radius 1 is 0.971 bits per heavy atom. The molecule has 2 aromatic carbocycles. The summed E-state index contributed by atoms with van der Waals surface area (Å²) in [4.78, 5) is 13.5. The highest BCUT2D eigenvalue weighted by atomic mass is 16.8. The number of para-hydroxylation sites is 1. The molecule has 2 aromatic rings. The number of hydrogen-bond acceptors (Lipinski definition) is 5. The van der Waals surface area contributed by atoms with E-state index in [2.05, 4.69) is 37.4 Å². The summed E-state index contributed by atoms with van der Waals surface area (Å²) in [7, 11) is 0. The van der Waals surface area contributed by atoms with Crippen LogP contribution < -0.4 is 5.32 Å².